The molecule has 0 aliphatic carbocycles. The normalized spacial score (nSPS) is 12.4. The van der Waals surface area contributed by atoms with E-state index in [2.05, 4.69) is 4.72 Å². The van der Waals surface area contributed by atoms with E-state index in [1.807, 2.05) is 0 Å². The Kier molecular flexibility index (Phi) is 5.52. The molecule has 0 amide bonds. The maximum absolute atomic E-state index is 12.3. The lowest BCUT2D eigenvalue weighted by molar-refractivity contribution is 0.141. The van der Waals surface area contributed by atoms with Gasteiger partial charge in [-0.15, -0.1) is 0 Å². The zero-order valence-electron chi connectivity index (χ0n) is 12.3. The molecule has 0 spiro atoms. The van der Waals surface area contributed by atoms with Crippen molar-refractivity contribution in [3.8, 4) is 5.75 Å². The molecule has 0 radical (unpaired) electrons. The van der Waals surface area contributed by atoms with Crippen molar-refractivity contribution in [2.24, 2.45) is 5.73 Å². The molecule has 0 saturated heterocycles. The van der Waals surface area contributed by atoms with Crippen molar-refractivity contribution in [3.05, 3.63) is 23.8 Å². The van der Waals surface area contributed by atoms with Crippen molar-refractivity contribution in [2.75, 3.05) is 20.8 Å². The summed E-state index contributed by atoms with van der Waals surface area (Å²) in [5.41, 5.74) is 5.54. The summed E-state index contributed by atoms with van der Waals surface area (Å²) in [5, 5.41) is 0. The summed E-state index contributed by atoms with van der Waals surface area (Å²) >= 11 is 0. The zero-order valence-corrected chi connectivity index (χ0v) is 13.1. The Hall–Kier alpha value is -1.15. The predicted octanol–water partition coefficient (Wildman–Crippen LogP) is 0.857. The third kappa shape index (κ3) is 4.17. The number of ether oxygens (including phenoxy) is 2. The average molecular weight is 302 g/mol. The molecular formula is C13H22N2O4S. The first-order valence-corrected chi connectivity index (χ1v) is 7.64. The maximum Gasteiger partial charge on any atom is 0.241 e. The fraction of sp³-hybridized carbons (Fsp3) is 0.538. The van der Waals surface area contributed by atoms with E-state index in [0.717, 1.165) is 0 Å². The third-order valence-corrected chi connectivity index (χ3v) is 4.39. The van der Waals surface area contributed by atoms with Crippen molar-refractivity contribution in [1.82, 2.24) is 4.72 Å². The second-order valence-electron chi connectivity index (χ2n) is 5.10. The lowest BCUT2D eigenvalue weighted by Crippen LogP contribution is -2.46. The molecule has 0 bridgehead atoms. The summed E-state index contributed by atoms with van der Waals surface area (Å²) in [4.78, 5) is 0.155. The third-order valence-electron chi connectivity index (χ3n) is 2.70. The van der Waals surface area contributed by atoms with Gasteiger partial charge >= 0.3 is 0 Å². The Labute approximate surface area is 120 Å². The van der Waals surface area contributed by atoms with Crippen LogP contribution in [0.3, 0.4) is 0 Å². The van der Waals surface area contributed by atoms with Gasteiger partial charge in [-0.1, -0.05) is 0 Å². The van der Waals surface area contributed by atoms with Crippen LogP contribution in [-0.4, -0.2) is 34.8 Å². The van der Waals surface area contributed by atoms with E-state index < -0.39 is 15.6 Å². The molecule has 0 fully saturated rings. The summed E-state index contributed by atoms with van der Waals surface area (Å²) in [7, 11) is -0.599. The minimum atomic E-state index is -3.64. The molecule has 1 aromatic rings. The quantitative estimate of drug-likeness (QED) is 0.779. The number of hydrogen-bond acceptors (Lipinski definition) is 5. The van der Waals surface area contributed by atoms with Crippen LogP contribution in [0.1, 0.15) is 19.4 Å². The van der Waals surface area contributed by atoms with Gasteiger partial charge < -0.3 is 15.2 Å². The molecule has 6 nitrogen and oxygen atoms in total. The summed E-state index contributed by atoms with van der Waals surface area (Å²) in [6.45, 7) is 3.98. The molecule has 3 N–H and O–H groups in total. The highest BCUT2D eigenvalue weighted by atomic mass is 32.2. The smallest absolute Gasteiger partial charge is 0.241 e. The second-order valence-corrected chi connectivity index (χ2v) is 6.78. The molecule has 7 heteroatoms. The molecular weight excluding hydrogens is 280 g/mol. The van der Waals surface area contributed by atoms with Crippen LogP contribution in [-0.2, 0) is 21.3 Å². The molecule has 1 aromatic carbocycles. The summed E-state index contributed by atoms with van der Waals surface area (Å²) in [6, 6.07) is 4.60. The van der Waals surface area contributed by atoms with Crippen LogP contribution in [0.2, 0.25) is 0 Å². The summed E-state index contributed by atoms with van der Waals surface area (Å²) in [6.07, 6.45) is 0. The first-order valence-electron chi connectivity index (χ1n) is 6.15. The standard InChI is InChI=1S/C13H22N2O4S/c1-13(2,9-18-3)15-20(16,17)11-5-6-12(19-4)10(7-11)8-14/h5-7,15H,8-9,14H2,1-4H3. The number of rotatable bonds is 7. The van der Waals surface area contributed by atoms with E-state index in [1.54, 1.807) is 19.9 Å². The number of nitrogens with one attached hydrogen (secondary N) is 1. The van der Waals surface area contributed by atoms with Crippen LogP contribution < -0.4 is 15.2 Å². The van der Waals surface area contributed by atoms with Crippen molar-refractivity contribution in [1.29, 1.82) is 0 Å². The van der Waals surface area contributed by atoms with E-state index >= 15 is 0 Å². The van der Waals surface area contributed by atoms with E-state index in [1.165, 1.54) is 26.4 Å². The van der Waals surface area contributed by atoms with Gasteiger partial charge in [0.05, 0.1) is 24.2 Å². The second kappa shape index (κ2) is 6.53. The molecule has 0 unspecified atom stereocenters. The molecule has 0 aliphatic heterocycles. The van der Waals surface area contributed by atoms with Gasteiger partial charge in [-0.2, -0.15) is 0 Å². The Bertz CT molecular complexity index is 555. The van der Waals surface area contributed by atoms with Gasteiger partial charge in [-0.3, -0.25) is 0 Å². The molecule has 20 heavy (non-hydrogen) atoms. The van der Waals surface area contributed by atoms with Crippen molar-refractivity contribution in [3.63, 3.8) is 0 Å². The highest BCUT2D eigenvalue weighted by Crippen LogP contribution is 2.22. The molecule has 0 saturated carbocycles. The maximum atomic E-state index is 12.3. The van der Waals surface area contributed by atoms with Gasteiger partial charge in [0.1, 0.15) is 5.75 Å². The highest BCUT2D eigenvalue weighted by molar-refractivity contribution is 7.89. The molecule has 114 valence electrons. The first kappa shape index (κ1) is 16.9. The Morgan fingerprint density at radius 1 is 1.30 bits per heavy atom. The lowest BCUT2D eigenvalue weighted by Gasteiger charge is -2.25. The van der Waals surface area contributed by atoms with Crippen LogP contribution in [0.25, 0.3) is 0 Å². The monoisotopic (exact) mass is 302 g/mol. The van der Waals surface area contributed by atoms with Crippen molar-refractivity contribution in [2.45, 2.75) is 30.8 Å². The summed E-state index contributed by atoms with van der Waals surface area (Å²) in [5.74, 6) is 0.572. The van der Waals surface area contributed by atoms with Crippen molar-refractivity contribution < 1.29 is 17.9 Å². The van der Waals surface area contributed by atoms with Gasteiger partial charge in [0, 0.05) is 19.2 Å². The van der Waals surface area contributed by atoms with E-state index in [0.29, 0.717) is 11.3 Å². The number of hydrogen-bond donors (Lipinski definition) is 2. The topological polar surface area (TPSA) is 90.6 Å². The highest BCUT2D eigenvalue weighted by Gasteiger charge is 2.26. The summed E-state index contributed by atoms with van der Waals surface area (Å²) < 4.78 is 37.4. The van der Waals surface area contributed by atoms with Gasteiger partial charge in [0.25, 0.3) is 0 Å². The van der Waals surface area contributed by atoms with E-state index in [-0.39, 0.29) is 18.0 Å². The molecule has 0 heterocycles. The van der Waals surface area contributed by atoms with Crippen LogP contribution in [0.4, 0.5) is 0 Å². The first-order chi connectivity index (χ1) is 9.25. The van der Waals surface area contributed by atoms with Crippen LogP contribution in [0.15, 0.2) is 23.1 Å². The van der Waals surface area contributed by atoms with Gasteiger partial charge in [-0.05, 0) is 32.0 Å². The largest absolute Gasteiger partial charge is 0.496 e. The Balaban J connectivity index is 3.10. The van der Waals surface area contributed by atoms with Gasteiger partial charge in [0.2, 0.25) is 10.0 Å². The Morgan fingerprint density at radius 2 is 1.95 bits per heavy atom. The molecule has 0 aliphatic rings. The molecule has 1 rings (SSSR count). The fourth-order valence-corrected chi connectivity index (χ4v) is 3.34. The van der Waals surface area contributed by atoms with Crippen LogP contribution >= 0.6 is 0 Å². The predicted molar refractivity (Wildman–Crippen MR) is 77.2 cm³/mol. The Morgan fingerprint density at radius 3 is 2.45 bits per heavy atom. The SMILES string of the molecule is COCC(C)(C)NS(=O)(=O)c1ccc(OC)c(CN)c1. The van der Waals surface area contributed by atoms with Gasteiger partial charge in [-0.25, -0.2) is 13.1 Å². The minimum absolute atomic E-state index is 0.155. The van der Waals surface area contributed by atoms with Crippen LogP contribution in [0.5, 0.6) is 5.75 Å². The zero-order chi connectivity index (χ0) is 15.4. The number of benzene rings is 1. The minimum Gasteiger partial charge on any atom is -0.496 e. The molecule has 0 atom stereocenters. The van der Waals surface area contributed by atoms with E-state index in [9.17, 15) is 8.42 Å². The number of nitrogens with two attached hydrogens (primary N) is 1. The lowest BCUT2D eigenvalue weighted by atomic mass is 10.1. The molecule has 0 aromatic heterocycles. The van der Waals surface area contributed by atoms with Gasteiger partial charge in [0.15, 0.2) is 0 Å². The number of sulfonamides is 1. The van der Waals surface area contributed by atoms with Crippen LogP contribution in [0, 0.1) is 0 Å². The van der Waals surface area contributed by atoms with E-state index in [4.69, 9.17) is 15.2 Å². The fourth-order valence-electron chi connectivity index (χ4n) is 1.89. The average Bonchev–Trinajstić information content (AvgIpc) is 2.36. The van der Waals surface area contributed by atoms with Crippen molar-refractivity contribution >= 4 is 10.0 Å². The number of methoxy groups -OCH3 is 2.